The number of hydrogen-bond donors (Lipinski definition) is 0. The molecule has 23 heavy (non-hydrogen) atoms. The largest absolute Gasteiger partial charge is 0.257 e. The van der Waals surface area contributed by atoms with Crippen molar-refractivity contribution in [2.24, 2.45) is 0 Å². The van der Waals surface area contributed by atoms with Crippen molar-refractivity contribution < 1.29 is 0 Å². The molecule has 0 aromatic carbocycles. The van der Waals surface area contributed by atoms with E-state index in [1.807, 2.05) is 0 Å². The van der Waals surface area contributed by atoms with Gasteiger partial charge in [-0.05, 0) is 70.6 Å². The summed E-state index contributed by atoms with van der Waals surface area (Å²) in [6.45, 7) is 21.5. The van der Waals surface area contributed by atoms with Gasteiger partial charge in [0.05, 0.1) is 0 Å². The third-order valence-corrected chi connectivity index (χ3v) is 8.19. The maximum Gasteiger partial charge on any atom is 0.0473 e. The van der Waals surface area contributed by atoms with Gasteiger partial charge in [-0.3, -0.25) is 4.98 Å². The van der Waals surface area contributed by atoms with Gasteiger partial charge in [0.25, 0.3) is 0 Å². The maximum atomic E-state index is 5.21. The maximum absolute atomic E-state index is 5.21. The predicted octanol–water partition coefficient (Wildman–Crippen LogP) is 5.84. The lowest BCUT2D eigenvalue weighted by atomic mass is 9.87. The summed E-state index contributed by atoms with van der Waals surface area (Å²) in [6.07, 6.45) is 3.82. The third kappa shape index (κ3) is 6.69. The van der Waals surface area contributed by atoms with Crippen molar-refractivity contribution >= 4 is 23.8 Å². The smallest absolute Gasteiger partial charge is 0.0473 e. The van der Waals surface area contributed by atoms with Crippen molar-refractivity contribution in [1.29, 1.82) is 0 Å². The number of pyridine rings is 1. The zero-order valence-corrected chi connectivity index (χ0v) is 19.3. The number of aromatic nitrogens is 1. The van der Waals surface area contributed by atoms with Crippen LogP contribution in [0.15, 0.2) is 18.2 Å². The van der Waals surface area contributed by atoms with Crippen molar-refractivity contribution in [1.82, 2.24) is 4.98 Å². The highest BCUT2D eigenvalue weighted by Gasteiger charge is 2.32. The SMILES string of the molecule is CP(C)CC(C)(C)c1cccc(C(C)(CP(C)C)CP(C)C)n1. The van der Waals surface area contributed by atoms with E-state index in [9.17, 15) is 0 Å². The number of rotatable bonds is 8. The summed E-state index contributed by atoms with van der Waals surface area (Å²) in [4.78, 5) is 5.21. The Balaban J connectivity index is 3.22. The zero-order valence-electron chi connectivity index (χ0n) is 16.6. The minimum atomic E-state index is 0.0793. The monoisotopic (exact) mass is 371 g/mol. The van der Waals surface area contributed by atoms with Crippen molar-refractivity contribution in [2.75, 3.05) is 58.5 Å². The molecule has 0 N–H and O–H groups in total. The fraction of sp³-hybridized carbons (Fsp3) is 0.737. The highest BCUT2D eigenvalue weighted by atomic mass is 31.1. The van der Waals surface area contributed by atoms with Gasteiger partial charge in [0.1, 0.15) is 0 Å². The van der Waals surface area contributed by atoms with Crippen LogP contribution >= 0.6 is 23.8 Å². The summed E-state index contributed by atoms with van der Waals surface area (Å²) in [6, 6.07) is 6.76. The molecule has 0 aliphatic heterocycles. The van der Waals surface area contributed by atoms with E-state index in [1.54, 1.807) is 0 Å². The van der Waals surface area contributed by atoms with Crippen LogP contribution in [0, 0.1) is 0 Å². The van der Waals surface area contributed by atoms with Crippen LogP contribution in [-0.4, -0.2) is 63.5 Å². The van der Waals surface area contributed by atoms with Crippen LogP contribution in [0.1, 0.15) is 32.2 Å². The van der Waals surface area contributed by atoms with E-state index in [0.717, 1.165) is 0 Å². The van der Waals surface area contributed by atoms with Crippen LogP contribution < -0.4 is 0 Å². The van der Waals surface area contributed by atoms with Gasteiger partial charge in [-0.1, -0.05) is 26.8 Å². The van der Waals surface area contributed by atoms with Crippen molar-refractivity contribution in [3.63, 3.8) is 0 Å². The molecule has 0 unspecified atom stereocenters. The standard InChI is InChI=1S/C19H36NP3/c1-18(2,13-21(4)5)16-11-10-12-17(20-16)19(3,14-22(6)7)15-23(8)9/h10-12H,13-15H2,1-9H3. The van der Waals surface area contributed by atoms with E-state index in [-0.39, 0.29) is 34.6 Å². The molecule has 0 fully saturated rings. The minimum Gasteiger partial charge on any atom is -0.257 e. The van der Waals surface area contributed by atoms with Crippen LogP contribution in [0.5, 0.6) is 0 Å². The first kappa shape index (κ1) is 21.5. The molecule has 4 heteroatoms. The summed E-state index contributed by atoms with van der Waals surface area (Å²) >= 11 is 0. The topological polar surface area (TPSA) is 12.9 Å². The number of hydrogen-bond acceptors (Lipinski definition) is 1. The summed E-state index contributed by atoms with van der Waals surface area (Å²) in [7, 11) is 0.247. The predicted molar refractivity (Wildman–Crippen MR) is 116 cm³/mol. The fourth-order valence-electron chi connectivity index (χ4n) is 3.63. The molecule has 0 aliphatic carbocycles. The van der Waals surface area contributed by atoms with E-state index < -0.39 is 0 Å². The Morgan fingerprint density at radius 1 is 0.739 bits per heavy atom. The summed E-state index contributed by atoms with van der Waals surface area (Å²) in [5.74, 6) is 0. The Kier molecular flexibility index (Phi) is 8.12. The van der Waals surface area contributed by atoms with E-state index in [1.165, 1.54) is 29.9 Å². The Hall–Kier alpha value is 0.440. The summed E-state index contributed by atoms with van der Waals surface area (Å²) in [5, 5.41) is 0. The second-order valence-electron chi connectivity index (χ2n) is 8.57. The molecule has 1 nitrogen and oxygen atoms in total. The molecule has 1 aromatic rings. The van der Waals surface area contributed by atoms with Gasteiger partial charge in [-0.2, -0.15) is 0 Å². The van der Waals surface area contributed by atoms with Gasteiger partial charge in [0.15, 0.2) is 0 Å². The first-order chi connectivity index (χ1) is 10.5. The molecule has 0 aliphatic rings. The summed E-state index contributed by atoms with van der Waals surface area (Å²) in [5.41, 5.74) is 3.02. The molecule has 0 amide bonds. The second kappa shape index (κ2) is 8.70. The second-order valence-corrected chi connectivity index (χ2v) is 16.0. The molecule has 0 bridgehead atoms. The normalized spacial score (nSPS) is 13.4. The van der Waals surface area contributed by atoms with E-state index >= 15 is 0 Å². The lowest BCUT2D eigenvalue weighted by molar-refractivity contribution is 0.542. The van der Waals surface area contributed by atoms with Gasteiger partial charge < -0.3 is 0 Å². The molecule has 0 spiro atoms. The molecular formula is C19H36NP3. The van der Waals surface area contributed by atoms with Crippen LogP contribution in [0.25, 0.3) is 0 Å². The Labute approximate surface area is 148 Å². The van der Waals surface area contributed by atoms with E-state index in [4.69, 9.17) is 4.98 Å². The first-order valence-corrected chi connectivity index (χ1v) is 15.6. The van der Waals surface area contributed by atoms with E-state index in [0.29, 0.717) is 0 Å². The van der Waals surface area contributed by atoms with Crippen LogP contribution in [0.3, 0.4) is 0 Å². The molecule has 132 valence electrons. The van der Waals surface area contributed by atoms with Crippen molar-refractivity contribution in [2.45, 2.75) is 31.6 Å². The molecule has 1 heterocycles. The minimum absolute atomic E-state index is 0.0793. The highest BCUT2D eigenvalue weighted by Crippen LogP contribution is 2.44. The summed E-state index contributed by atoms with van der Waals surface area (Å²) < 4.78 is 0. The van der Waals surface area contributed by atoms with Crippen LogP contribution in [-0.2, 0) is 10.8 Å². The number of nitrogens with zero attached hydrogens (tertiary/aromatic N) is 1. The van der Waals surface area contributed by atoms with E-state index in [2.05, 4.69) is 79.0 Å². The van der Waals surface area contributed by atoms with Gasteiger partial charge in [0.2, 0.25) is 0 Å². The van der Waals surface area contributed by atoms with Crippen LogP contribution in [0.4, 0.5) is 0 Å². The molecule has 1 rings (SSSR count). The molecule has 0 radical (unpaired) electrons. The average Bonchev–Trinajstić information content (AvgIpc) is 2.35. The molecule has 0 atom stereocenters. The molecule has 1 aromatic heterocycles. The molecule has 0 saturated heterocycles. The van der Waals surface area contributed by atoms with Crippen LogP contribution in [0.2, 0.25) is 0 Å². The average molecular weight is 371 g/mol. The molecular weight excluding hydrogens is 335 g/mol. The quantitative estimate of drug-likeness (QED) is 0.523. The van der Waals surface area contributed by atoms with Gasteiger partial charge in [-0.15, -0.1) is 23.8 Å². The Morgan fingerprint density at radius 2 is 1.17 bits per heavy atom. The third-order valence-electron chi connectivity index (χ3n) is 4.10. The highest BCUT2D eigenvalue weighted by molar-refractivity contribution is 7.57. The van der Waals surface area contributed by atoms with Gasteiger partial charge in [0, 0.05) is 22.2 Å². The first-order valence-electron chi connectivity index (χ1n) is 8.38. The Morgan fingerprint density at radius 3 is 1.61 bits per heavy atom. The fourth-order valence-corrected chi connectivity index (χ4v) is 8.89. The zero-order chi connectivity index (χ0) is 17.8. The van der Waals surface area contributed by atoms with Gasteiger partial charge in [-0.25, -0.2) is 0 Å². The van der Waals surface area contributed by atoms with Crippen molar-refractivity contribution in [3.05, 3.63) is 29.6 Å². The molecule has 0 saturated carbocycles. The lowest BCUT2D eigenvalue weighted by Crippen LogP contribution is -2.32. The van der Waals surface area contributed by atoms with Crippen molar-refractivity contribution in [3.8, 4) is 0 Å². The Bertz CT molecular complexity index is 485. The van der Waals surface area contributed by atoms with Gasteiger partial charge >= 0.3 is 0 Å². The lowest BCUT2D eigenvalue weighted by Gasteiger charge is -2.34.